The van der Waals surface area contributed by atoms with Gasteiger partial charge in [-0.25, -0.2) is 9.59 Å². The number of esters is 5. The van der Waals surface area contributed by atoms with Crippen molar-refractivity contribution in [3.8, 4) is 0 Å². The fourth-order valence-electron chi connectivity index (χ4n) is 11.0. The fraction of sp³-hybridized carbons (Fsp3) is 0.472. The number of carbonyl (C=O) groups excluding carboxylic acids is 7. The zero-order valence-corrected chi connectivity index (χ0v) is 40.7. The van der Waals surface area contributed by atoms with Crippen molar-refractivity contribution in [2.75, 3.05) is 6.61 Å². The molecule has 71 heavy (non-hydrogen) atoms. The molecule has 7 rings (SSSR count). The summed E-state index contributed by atoms with van der Waals surface area (Å²) in [5.74, 6) is -9.83. The van der Waals surface area contributed by atoms with Crippen molar-refractivity contribution in [1.29, 1.82) is 0 Å². The number of ether oxygens (including phenoxy) is 6. The van der Waals surface area contributed by atoms with E-state index in [1.165, 1.54) is 65.8 Å². The molecule has 1 aliphatic heterocycles. The van der Waals surface area contributed by atoms with Crippen LogP contribution in [0, 0.1) is 22.2 Å². The van der Waals surface area contributed by atoms with Crippen molar-refractivity contribution in [3.63, 3.8) is 0 Å². The number of carboxylic acid groups (broad SMARTS) is 1. The molecule has 2 bridgehead atoms. The molecule has 3 aromatic rings. The topological polar surface area (TPSA) is 265 Å². The second-order valence-corrected chi connectivity index (χ2v) is 20.2. The van der Waals surface area contributed by atoms with Crippen LogP contribution in [-0.2, 0) is 57.2 Å². The molecule has 11 atom stereocenters. The van der Waals surface area contributed by atoms with Gasteiger partial charge in [-0.05, 0) is 68.7 Å². The minimum Gasteiger partial charge on any atom is -0.481 e. The van der Waals surface area contributed by atoms with E-state index in [4.69, 9.17) is 28.4 Å². The van der Waals surface area contributed by atoms with E-state index in [2.05, 4.69) is 5.32 Å². The molecular weight excluding hydrogens is 923 g/mol. The first kappa shape index (κ1) is 52.1. The predicted molar refractivity (Wildman–Crippen MR) is 248 cm³/mol. The average Bonchev–Trinajstić information content (AvgIpc) is 3.31. The maximum absolute atomic E-state index is 15.7. The molecule has 4 aliphatic rings. The van der Waals surface area contributed by atoms with E-state index >= 15 is 9.59 Å². The lowest BCUT2D eigenvalue weighted by molar-refractivity contribution is -0.346. The van der Waals surface area contributed by atoms with Gasteiger partial charge >= 0.3 is 35.8 Å². The highest BCUT2D eigenvalue weighted by Crippen LogP contribution is 2.64. The summed E-state index contributed by atoms with van der Waals surface area (Å²) in [7, 11) is 0. The third kappa shape index (κ3) is 9.35. The van der Waals surface area contributed by atoms with E-state index in [0.717, 1.165) is 13.8 Å². The molecule has 18 nitrogen and oxygen atoms in total. The summed E-state index contributed by atoms with van der Waals surface area (Å²) in [6.45, 7) is 10.3. The standard InChI is InChI=1S/C53H59NO17/c1-28-34(68-47(63)41(69-48(64)49(4,5)26-37(58)59)39(31-18-12-9-13-19-31)54-45(61)32-20-14-10-15-21-32)25-53(65)44(70-46(62)33-22-16-11-17-23-33)42-51(8,35(57)24-36-52(42,27-66-36)71-30(3)56)43(60)40(67-29(2)55)38(28)50(53,6)7/h9-23,34-36,39-42,44,57,65H,24-27H2,1-8H3,(H,54,61)(H,58,59)/t34-,35-,36+,39-,40+,41+,42?,44-,51+,52-,53+/m0/s1. The quantitative estimate of drug-likeness (QED) is 0.0961. The number of carboxylic acids is 1. The molecule has 0 spiro atoms. The van der Waals surface area contributed by atoms with Gasteiger partial charge in [0.15, 0.2) is 17.5 Å². The van der Waals surface area contributed by atoms with E-state index in [1.807, 2.05) is 0 Å². The van der Waals surface area contributed by atoms with Crippen LogP contribution in [0.4, 0.5) is 0 Å². The van der Waals surface area contributed by atoms with E-state index in [-0.39, 0.29) is 40.9 Å². The second-order valence-electron chi connectivity index (χ2n) is 20.2. The Bertz CT molecular complexity index is 2630. The minimum atomic E-state index is -2.51. The van der Waals surface area contributed by atoms with Gasteiger partial charge in [0.05, 0.1) is 41.4 Å². The summed E-state index contributed by atoms with van der Waals surface area (Å²) < 4.78 is 36.7. The lowest BCUT2D eigenvalue weighted by Crippen LogP contribution is -2.82. The van der Waals surface area contributed by atoms with Gasteiger partial charge < -0.3 is 49.1 Å². The highest BCUT2D eigenvalue weighted by atomic mass is 16.6. The van der Waals surface area contributed by atoms with Gasteiger partial charge in [-0.1, -0.05) is 80.6 Å². The molecule has 18 heteroatoms. The van der Waals surface area contributed by atoms with Crippen LogP contribution in [-0.4, -0.2) is 117 Å². The van der Waals surface area contributed by atoms with Crippen LogP contribution in [0.15, 0.2) is 102 Å². The lowest BCUT2D eigenvalue weighted by atomic mass is 9.44. The number of aliphatic hydroxyl groups is 2. The highest BCUT2D eigenvalue weighted by Gasteiger charge is 2.78. The summed E-state index contributed by atoms with van der Waals surface area (Å²) in [5.41, 5.74) is -9.57. The Labute approximate surface area is 410 Å². The minimum absolute atomic E-state index is 0.0202. The van der Waals surface area contributed by atoms with E-state index < -0.39 is 136 Å². The zero-order valence-electron chi connectivity index (χ0n) is 40.7. The second kappa shape index (κ2) is 19.4. The van der Waals surface area contributed by atoms with Crippen LogP contribution in [0.25, 0.3) is 0 Å². The van der Waals surface area contributed by atoms with E-state index in [1.54, 1.807) is 66.7 Å². The molecule has 0 radical (unpaired) electrons. The Morgan fingerprint density at radius 1 is 0.831 bits per heavy atom. The van der Waals surface area contributed by atoms with Gasteiger partial charge in [-0.2, -0.15) is 0 Å². The van der Waals surface area contributed by atoms with Gasteiger partial charge in [0.25, 0.3) is 5.91 Å². The van der Waals surface area contributed by atoms with Crippen LogP contribution in [0.2, 0.25) is 0 Å². The number of ketones is 1. The summed E-state index contributed by atoms with van der Waals surface area (Å²) in [6.07, 6.45) is -11.9. The number of hydrogen-bond donors (Lipinski definition) is 4. The Morgan fingerprint density at radius 2 is 1.41 bits per heavy atom. The number of Topliss-reactive ketones (excluding diaryl/α,β-unsaturated/α-hetero) is 1. The number of aliphatic hydroxyl groups excluding tert-OH is 1. The first-order chi connectivity index (χ1) is 33.3. The number of carbonyl (C=O) groups is 8. The third-order valence-electron chi connectivity index (χ3n) is 14.8. The predicted octanol–water partition coefficient (Wildman–Crippen LogP) is 4.79. The molecule has 378 valence electrons. The molecule has 1 amide bonds. The van der Waals surface area contributed by atoms with Crippen molar-refractivity contribution in [1.82, 2.24) is 5.32 Å². The summed E-state index contributed by atoms with van der Waals surface area (Å²) in [5, 5.41) is 38.6. The summed E-state index contributed by atoms with van der Waals surface area (Å²) >= 11 is 0. The molecule has 1 unspecified atom stereocenters. The molecule has 4 N–H and O–H groups in total. The number of fused-ring (bicyclic) bond motifs is 5. The largest absolute Gasteiger partial charge is 0.481 e. The molecule has 0 aromatic heterocycles. The Morgan fingerprint density at radius 3 is 1.94 bits per heavy atom. The highest BCUT2D eigenvalue weighted by molar-refractivity contribution is 5.96. The number of amides is 1. The Hall–Kier alpha value is -6.76. The van der Waals surface area contributed by atoms with Crippen LogP contribution in [0.1, 0.15) is 107 Å². The fourth-order valence-corrected chi connectivity index (χ4v) is 11.0. The first-order valence-corrected chi connectivity index (χ1v) is 23.2. The van der Waals surface area contributed by atoms with E-state index in [0.29, 0.717) is 0 Å². The SMILES string of the molecule is CC(=O)O[C@H]1C(=O)[C@@]2(C)C([C@H](OC(=O)c3ccccc3)[C@]3(O)C[C@H](OC(=O)[C@H](OC(=O)C(C)(C)CC(=O)O)[C@@H](NC(=O)c4ccccc4)c4ccccc4)C(C)=C1C3(C)C)[C@]1(OC(C)=O)CO[C@@H]1C[C@@H]2O. The van der Waals surface area contributed by atoms with Crippen LogP contribution >= 0.6 is 0 Å². The Balaban J connectivity index is 1.44. The number of nitrogens with one attached hydrogen (secondary N) is 1. The van der Waals surface area contributed by atoms with Gasteiger partial charge in [-0.15, -0.1) is 0 Å². The van der Waals surface area contributed by atoms with Gasteiger partial charge in [-0.3, -0.25) is 28.8 Å². The third-order valence-corrected chi connectivity index (χ3v) is 14.8. The number of aliphatic carboxylic acids is 1. The molecule has 3 fully saturated rings. The molecule has 1 saturated heterocycles. The molecular formula is C53H59NO17. The maximum Gasteiger partial charge on any atom is 0.350 e. The van der Waals surface area contributed by atoms with Gasteiger partial charge in [0.1, 0.15) is 30.0 Å². The monoisotopic (exact) mass is 981 g/mol. The first-order valence-electron chi connectivity index (χ1n) is 23.2. The van der Waals surface area contributed by atoms with Crippen molar-refractivity contribution in [2.24, 2.45) is 22.2 Å². The van der Waals surface area contributed by atoms with Crippen LogP contribution < -0.4 is 5.32 Å². The van der Waals surface area contributed by atoms with Gasteiger partial charge in [0, 0.05) is 37.7 Å². The molecule has 2 saturated carbocycles. The summed E-state index contributed by atoms with van der Waals surface area (Å²) in [6, 6.07) is 22.1. The average molecular weight is 982 g/mol. The van der Waals surface area contributed by atoms with Crippen LogP contribution in [0.5, 0.6) is 0 Å². The van der Waals surface area contributed by atoms with Crippen molar-refractivity contribution in [2.45, 2.75) is 129 Å². The lowest BCUT2D eigenvalue weighted by Gasteiger charge is -2.67. The van der Waals surface area contributed by atoms with Gasteiger partial charge in [0.2, 0.25) is 6.10 Å². The van der Waals surface area contributed by atoms with E-state index in [9.17, 15) is 44.1 Å². The summed E-state index contributed by atoms with van der Waals surface area (Å²) in [4.78, 5) is 112. The molecule has 1 heterocycles. The number of rotatable bonds is 14. The van der Waals surface area contributed by atoms with Crippen molar-refractivity contribution in [3.05, 3.63) is 119 Å². The number of benzene rings is 3. The number of hydrogen-bond acceptors (Lipinski definition) is 16. The Kier molecular flexibility index (Phi) is 14.3. The normalized spacial score (nSPS) is 29.4. The van der Waals surface area contributed by atoms with Crippen molar-refractivity contribution >= 4 is 47.5 Å². The molecule has 3 aromatic carbocycles. The van der Waals surface area contributed by atoms with Crippen LogP contribution in [0.3, 0.4) is 0 Å². The maximum atomic E-state index is 15.7. The van der Waals surface area contributed by atoms with Crippen molar-refractivity contribution < 1.29 is 82.1 Å². The zero-order chi connectivity index (χ0) is 52.0. The smallest absolute Gasteiger partial charge is 0.350 e. The molecule has 3 aliphatic carbocycles.